The van der Waals surface area contributed by atoms with E-state index in [1.54, 1.807) is 35.7 Å². The maximum absolute atomic E-state index is 14.0. The Morgan fingerprint density at radius 2 is 1.73 bits per heavy atom. The fourth-order valence-corrected chi connectivity index (χ4v) is 5.39. The van der Waals surface area contributed by atoms with E-state index in [-0.39, 0.29) is 30.4 Å². The zero-order valence-corrected chi connectivity index (χ0v) is 24.7. The second-order valence-corrected chi connectivity index (χ2v) is 11.0. The lowest BCUT2D eigenvalue weighted by Gasteiger charge is -2.32. The Labute approximate surface area is 244 Å². The van der Waals surface area contributed by atoms with Gasteiger partial charge in [-0.2, -0.15) is 0 Å². The predicted octanol–water partition coefficient (Wildman–Crippen LogP) is 4.69. The van der Waals surface area contributed by atoms with Gasteiger partial charge in [0.15, 0.2) is 11.5 Å². The van der Waals surface area contributed by atoms with Crippen LogP contribution in [-0.2, 0) is 14.3 Å². The van der Waals surface area contributed by atoms with E-state index >= 15 is 0 Å². The van der Waals surface area contributed by atoms with Crippen LogP contribution in [0.5, 0.6) is 11.5 Å². The van der Waals surface area contributed by atoms with Crippen LogP contribution in [0.2, 0.25) is 0 Å². The van der Waals surface area contributed by atoms with Crippen molar-refractivity contribution in [1.29, 1.82) is 0 Å². The van der Waals surface area contributed by atoms with Gasteiger partial charge in [-0.05, 0) is 65.6 Å². The Morgan fingerprint density at radius 3 is 2.34 bits per heavy atom. The summed E-state index contributed by atoms with van der Waals surface area (Å²) in [4.78, 5) is 42.5. The van der Waals surface area contributed by atoms with Gasteiger partial charge in [-0.3, -0.25) is 19.3 Å². The van der Waals surface area contributed by atoms with Crippen molar-refractivity contribution in [3.05, 3.63) is 76.0 Å². The average molecular weight is 580 g/mol. The molecule has 0 bridgehead atoms. The van der Waals surface area contributed by atoms with Gasteiger partial charge in [-0.25, -0.2) is 0 Å². The van der Waals surface area contributed by atoms with Crippen molar-refractivity contribution >= 4 is 34.7 Å². The molecule has 0 saturated carbocycles. The summed E-state index contributed by atoms with van der Waals surface area (Å²) in [7, 11) is 3.05. The molecule has 10 heteroatoms. The Bertz CT molecular complexity index is 1320. The molecule has 2 N–H and O–H groups in total. The van der Waals surface area contributed by atoms with Crippen molar-refractivity contribution in [2.45, 2.75) is 44.8 Å². The van der Waals surface area contributed by atoms with Crippen LogP contribution < -0.4 is 25.0 Å². The van der Waals surface area contributed by atoms with E-state index in [4.69, 9.17) is 14.2 Å². The lowest BCUT2D eigenvalue weighted by atomic mass is 10.00. The van der Waals surface area contributed by atoms with Crippen LogP contribution in [0.3, 0.4) is 0 Å². The van der Waals surface area contributed by atoms with E-state index in [2.05, 4.69) is 24.5 Å². The molecule has 1 fully saturated rings. The molecular formula is C31H37N3O6S. The summed E-state index contributed by atoms with van der Waals surface area (Å²) in [6.07, 6.45) is 1.72. The maximum Gasteiger partial charge on any atom is 0.261 e. The molecule has 1 aromatic heterocycles. The number of rotatable bonds is 12. The summed E-state index contributed by atoms with van der Waals surface area (Å²) in [5.74, 6) is 0.0362. The number of hydrogen-bond donors (Lipinski definition) is 2. The quantitative estimate of drug-likeness (QED) is 0.323. The van der Waals surface area contributed by atoms with Crippen LogP contribution in [-0.4, -0.2) is 57.7 Å². The number of ether oxygens (including phenoxy) is 3. The van der Waals surface area contributed by atoms with Crippen molar-refractivity contribution in [1.82, 2.24) is 10.6 Å². The Hall–Kier alpha value is -3.89. The third-order valence-corrected chi connectivity index (χ3v) is 7.88. The normalized spacial score (nSPS) is 15.3. The van der Waals surface area contributed by atoms with Crippen LogP contribution in [0, 0.1) is 0 Å². The molecule has 3 aromatic rings. The summed E-state index contributed by atoms with van der Waals surface area (Å²) < 4.78 is 16.6. The molecule has 1 saturated heterocycles. The van der Waals surface area contributed by atoms with Crippen LogP contribution in [0.1, 0.15) is 59.4 Å². The van der Waals surface area contributed by atoms with Crippen LogP contribution in [0.25, 0.3) is 0 Å². The second-order valence-electron chi connectivity index (χ2n) is 10.1. The van der Waals surface area contributed by atoms with Gasteiger partial charge < -0.3 is 24.8 Å². The molecule has 1 aliphatic heterocycles. The van der Waals surface area contributed by atoms with Crippen LogP contribution >= 0.6 is 11.3 Å². The number of thiophene rings is 1. The highest BCUT2D eigenvalue weighted by Gasteiger charge is 2.34. The van der Waals surface area contributed by atoms with Crippen LogP contribution in [0.4, 0.5) is 5.69 Å². The van der Waals surface area contributed by atoms with Crippen molar-refractivity contribution in [2.24, 2.45) is 0 Å². The summed E-state index contributed by atoms with van der Waals surface area (Å²) in [5, 5.41) is 7.50. The number of benzene rings is 2. The van der Waals surface area contributed by atoms with Gasteiger partial charge in [-0.1, -0.05) is 38.1 Å². The Kier molecular flexibility index (Phi) is 10.4. The van der Waals surface area contributed by atoms with Gasteiger partial charge in [0.2, 0.25) is 11.8 Å². The minimum atomic E-state index is -1.06. The lowest BCUT2D eigenvalue weighted by Crippen LogP contribution is -2.48. The maximum atomic E-state index is 14.0. The summed E-state index contributed by atoms with van der Waals surface area (Å²) in [5.41, 5.74) is 2.15. The highest BCUT2D eigenvalue weighted by atomic mass is 32.1. The number of amides is 3. The monoisotopic (exact) mass is 579 g/mol. The largest absolute Gasteiger partial charge is 0.493 e. The van der Waals surface area contributed by atoms with Crippen molar-refractivity contribution < 1.29 is 28.6 Å². The number of nitrogens with zero attached hydrogens (tertiary/aromatic N) is 1. The molecule has 0 aliphatic carbocycles. The Balaban J connectivity index is 1.73. The number of anilines is 1. The number of carbonyl (C=O) groups excluding carboxylic acids is 3. The SMILES string of the molecule is COc1ccc([C@@H](C(=O)NC[C@H]2CCCO2)N(C(=O)CNC(=O)c2cccs2)c2ccc(C(C)C)cc2)cc1OC. The molecule has 218 valence electrons. The molecule has 1 aliphatic rings. The molecule has 2 aromatic carbocycles. The molecule has 4 rings (SSSR count). The van der Waals surface area contributed by atoms with Gasteiger partial charge in [-0.15, -0.1) is 11.3 Å². The molecule has 41 heavy (non-hydrogen) atoms. The standard InChI is InChI=1S/C31H37N3O6S/c1-20(2)21-9-12-23(13-10-21)34(28(35)19-33-30(36)27-8-6-16-41-27)29(31(37)32-18-24-7-5-15-40-24)22-11-14-25(38-3)26(17-22)39-4/h6,8-14,16-17,20,24,29H,5,7,15,18-19H2,1-4H3,(H,32,37)(H,33,36)/t24-,29+/m1/s1. The zero-order valence-electron chi connectivity index (χ0n) is 23.8. The Morgan fingerprint density at radius 1 is 1.00 bits per heavy atom. The van der Waals surface area contributed by atoms with E-state index in [9.17, 15) is 14.4 Å². The molecular weight excluding hydrogens is 542 g/mol. The molecule has 0 radical (unpaired) electrons. The molecule has 9 nitrogen and oxygen atoms in total. The minimum Gasteiger partial charge on any atom is -0.493 e. The van der Waals surface area contributed by atoms with Crippen molar-refractivity contribution in [2.75, 3.05) is 38.8 Å². The van der Waals surface area contributed by atoms with Gasteiger partial charge in [0, 0.05) is 18.8 Å². The van der Waals surface area contributed by atoms with E-state index in [1.807, 2.05) is 24.3 Å². The fraction of sp³-hybridized carbons (Fsp3) is 0.387. The fourth-order valence-electron chi connectivity index (χ4n) is 4.75. The van der Waals surface area contributed by atoms with Gasteiger partial charge in [0.25, 0.3) is 5.91 Å². The van der Waals surface area contributed by atoms with Gasteiger partial charge in [0.05, 0.1) is 31.7 Å². The minimum absolute atomic E-state index is 0.0791. The highest BCUT2D eigenvalue weighted by Crippen LogP contribution is 2.35. The molecule has 2 atom stereocenters. The zero-order chi connectivity index (χ0) is 29.4. The van der Waals surface area contributed by atoms with Gasteiger partial charge in [0.1, 0.15) is 6.04 Å². The smallest absolute Gasteiger partial charge is 0.261 e. The van der Waals surface area contributed by atoms with E-state index in [0.29, 0.717) is 40.8 Å². The lowest BCUT2D eigenvalue weighted by molar-refractivity contribution is -0.126. The first-order chi connectivity index (χ1) is 19.8. The topological polar surface area (TPSA) is 106 Å². The van der Waals surface area contributed by atoms with E-state index < -0.39 is 11.9 Å². The number of carbonyl (C=O) groups is 3. The average Bonchev–Trinajstić information content (AvgIpc) is 3.72. The third-order valence-electron chi connectivity index (χ3n) is 7.01. The predicted molar refractivity (Wildman–Crippen MR) is 159 cm³/mol. The summed E-state index contributed by atoms with van der Waals surface area (Å²) >= 11 is 1.29. The number of methoxy groups -OCH3 is 2. The van der Waals surface area contributed by atoms with E-state index in [1.165, 1.54) is 30.5 Å². The second kappa shape index (κ2) is 14.1. The number of hydrogen-bond acceptors (Lipinski definition) is 7. The molecule has 3 amide bonds. The first-order valence-corrected chi connectivity index (χ1v) is 14.5. The molecule has 0 unspecified atom stereocenters. The number of nitrogens with one attached hydrogen (secondary N) is 2. The van der Waals surface area contributed by atoms with Crippen molar-refractivity contribution in [3.8, 4) is 11.5 Å². The van der Waals surface area contributed by atoms with Crippen LogP contribution in [0.15, 0.2) is 60.0 Å². The third kappa shape index (κ3) is 7.45. The highest BCUT2D eigenvalue weighted by molar-refractivity contribution is 7.12. The molecule has 2 heterocycles. The summed E-state index contributed by atoms with van der Waals surface area (Å²) in [6.45, 7) is 4.86. The molecule has 0 spiro atoms. The van der Waals surface area contributed by atoms with E-state index in [0.717, 1.165) is 18.4 Å². The first-order valence-electron chi connectivity index (χ1n) is 13.7. The summed E-state index contributed by atoms with van der Waals surface area (Å²) in [6, 6.07) is 15.1. The van der Waals surface area contributed by atoms with Crippen molar-refractivity contribution in [3.63, 3.8) is 0 Å². The first kappa shape index (κ1) is 30.1. The van der Waals surface area contributed by atoms with Gasteiger partial charge >= 0.3 is 0 Å².